The van der Waals surface area contributed by atoms with E-state index in [4.69, 9.17) is 5.26 Å². The van der Waals surface area contributed by atoms with E-state index in [0.717, 1.165) is 22.5 Å². The number of aryl methyl sites for hydroxylation is 1. The topological polar surface area (TPSA) is 90.7 Å². The van der Waals surface area contributed by atoms with E-state index in [1.165, 1.54) is 6.20 Å². The average molecular weight is 371 g/mol. The summed E-state index contributed by atoms with van der Waals surface area (Å²) >= 11 is 0. The molecule has 6 heteroatoms. The van der Waals surface area contributed by atoms with Crippen LogP contribution in [0.15, 0.2) is 54.7 Å². The SMILES string of the molecule is Cc1cccc(C(C)C)c1NC(=O)c1ccnc(Nc2ccc(C#N)cc2)n1. The zero-order valence-corrected chi connectivity index (χ0v) is 16.0. The zero-order chi connectivity index (χ0) is 20.1. The van der Waals surface area contributed by atoms with E-state index in [-0.39, 0.29) is 17.5 Å². The normalized spacial score (nSPS) is 10.4. The second-order valence-corrected chi connectivity index (χ2v) is 6.73. The first kappa shape index (κ1) is 19.1. The van der Waals surface area contributed by atoms with Crippen molar-refractivity contribution in [2.75, 3.05) is 10.6 Å². The van der Waals surface area contributed by atoms with Crippen molar-refractivity contribution in [2.24, 2.45) is 0 Å². The van der Waals surface area contributed by atoms with E-state index in [1.807, 2.05) is 25.1 Å². The first-order valence-corrected chi connectivity index (χ1v) is 8.99. The molecule has 1 aromatic heterocycles. The quantitative estimate of drug-likeness (QED) is 0.674. The summed E-state index contributed by atoms with van der Waals surface area (Å²) in [6, 6.07) is 16.5. The van der Waals surface area contributed by atoms with E-state index in [1.54, 1.807) is 30.3 Å². The van der Waals surface area contributed by atoms with E-state index in [2.05, 4.69) is 40.5 Å². The fourth-order valence-electron chi connectivity index (χ4n) is 2.82. The molecule has 3 aromatic rings. The van der Waals surface area contributed by atoms with Crippen LogP contribution in [0, 0.1) is 18.3 Å². The van der Waals surface area contributed by atoms with E-state index in [0.29, 0.717) is 11.5 Å². The summed E-state index contributed by atoms with van der Waals surface area (Å²) in [4.78, 5) is 21.2. The third-order valence-electron chi connectivity index (χ3n) is 4.32. The van der Waals surface area contributed by atoms with Crippen molar-refractivity contribution in [3.05, 3.63) is 77.1 Å². The summed E-state index contributed by atoms with van der Waals surface area (Å²) in [6.45, 7) is 6.16. The van der Waals surface area contributed by atoms with Gasteiger partial charge in [0.05, 0.1) is 11.6 Å². The Labute approximate surface area is 164 Å². The predicted molar refractivity (Wildman–Crippen MR) is 110 cm³/mol. The highest BCUT2D eigenvalue weighted by Crippen LogP contribution is 2.27. The maximum atomic E-state index is 12.8. The van der Waals surface area contributed by atoms with Gasteiger partial charge in [-0.05, 0) is 54.3 Å². The lowest BCUT2D eigenvalue weighted by Gasteiger charge is -2.16. The lowest BCUT2D eigenvalue weighted by Crippen LogP contribution is -2.17. The molecule has 2 aromatic carbocycles. The van der Waals surface area contributed by atoms with Crippen LogP contribution in [-0.2, 0) is 0 Å². The number of amides is 1. The Morgan fingerprint density at radius 3 is 2.54 bits per heavy atom. The van der Waals surface area contributed by atoms with Crippen LogP contribution >= 0.6 is 0 Å². The molecular weight excluding hydrogens is 350 g/mol. The summed E-state index contributed by atoms with van der Waals surface area (Å²) in [6.07, 6.45) is 1.54. The van der Waals surface area contributed by atoms with Gasteiger partial charge in [-0.15, -0.1) is 0 Å². The van der Waals surface area contributed by atoms with Crippen LogP contribution in [0.3, 0.4) is 0 Å². The van der Waals surface area contributed by atoms with Gasteiger partial charge in [-0.1, -0.05) is 32.0 Å². The minimum absolute atomic E-state index is 0.268. The van der Waals surface area contributed by atoms with Gasteiger partial charge in [-0.3, -0.25) is 4.79 Å². The van der Waals surface area contributed by atoms with Crippen LogP contribution < -0.4 is 10.6 Å². The van der Waals surface area contributed by atoms with Crippen molar-refractivity contribution >= 4 is 23.2 Å². The van der Waals surface area contributed by atoms with Gasteiger partial charge >= 0.3 is 0 Å². The van der Waals surface area contributed by atoms with Gasteiger partial charge in [0.25, 0.3) is 5.91 Å². The van der Waals surface area contributed by atoms with Crippen LogP contribution in [0.2, 0.25) is 0 Å². The molecule has 0 unspecified atom stereocenters. The number of carbonyl (C=O) groups excluding carboxylic acids is 1. The van der Waals surface area contributed by atoms with Gasteiger partial charge in [0.1, 0.15) is 5.69 Å². The largest absolute Gasteiger partial charge is 0.324 e. The number of benzene rings is 2. The molecule has 0 saturated carbocycles. The Kier molecular flexibility index (Phi) is 5.66. The molecule has 1 amide bonds. The number of carbonyl (C=O) groups is 1. The lowest BCUT2D eigenvalue weighted by atomic mass is 9.98. The van der Waals surface area contributed by atoms with Crippen LogP contribution in [-0.4, -0.2) is 15.9 Å². The van der Waals surface area contributed by atoms with Gasteiger partial charge in [0, 0.05) is 17.6 Å². The minimum atomic E-state index is -0.290. The number of para-hydroxylation sites is 1. The molecule has 0 aliphatic heterocycles. The van der Waals surface area contributed by atoms with Crippen LogP contribution in [0.25, 0.3) is 0 Å². The fourth-order valence-corrected chi connectivity index (χ4v) is 2.82. The maximum absolute atomic E-state index is 12.8. The smallest absolute Gasteiger partial charge is 0.274 e. The summed E-state index contributed by atoms with van der Waals surface area (Å²) in [5.74, 6) is 0.307. The highest BCUT2D eigenvalue weighted by Gasteiger charge is 2.15. The van der Waals surface area contributed by atoms with E-state index >= 15 is 0 Å². The van der Waals surface area contributed by atoms with Crippen molar-refractivity contribution in [3.63, 3.8) is 0 Å². The summed E-state index contributed by atoms with van der Waals surface area (Å²) in [5, 5.41) is 14.9. The maximum Gasteiger partial charge on any atom is 0.274 e. The number of hydrogen-bond donors (Lipinski definition) is 2. The monoisotopic (exact) mass is 371 g/mol. The Hall–Kier alpha value is -3.72. The first-order valence-electron chi connectivity index (χ1n) is 8.99. The molecule has 0 spiro atoms. The number of rotatable bonds is 5. The van der Waals surface area contributed by atoms with Crippen molar-refractivity contribution in [1.29, 1.82) is 5.26 Å². The predicted octanol–water partition coefficient (Wildman–Crippen LogP) is 4.78. The molecule has 0 aliphatic rings. The van der Waals surface area contributed by atoms with Crippen molar-refractivity contribution in [3.8, 4) is 6.07 Å². The van der Waals surface area contributed by atoms with Gasteiger partial charge < -0.3 is 10.6 Å². The summed E-state index contributed by atoms with van der Waals surface area (Å²) < 4.78 is 0. The molecule has 28 heavy (non-hydrogen) atoms. The third kappa shape index (κ3) is 4.33. The minimum Gasteiger partial charge on any atom is -0.324 e. The molecule has 2 N–H and O–H groups in total. The first-order chi connectivity index (χ1) is 13.5. The summed E-state index contributed by atoms with van der Waals surface area (Å²) in [7, 11) is 0. The molecule has 0 radical (unpaired) electrons. The second-order valence-electron chi connectivity index (χ2n) is 6.73. The lowest BCUT2D eigenvalue weighted by molar-refractivity contribution is 0.102. The van der Waals surface area contributed by atoms with Crippen molar-refractivity contribution in [2.45, 2.75) is 26.7 Å². The van der Waals surface area contributed by atoms with Crippen molar-refractivity contribution < 1.29 is 4.79 Å². The number of aromatic nitrogens is 2. The average Bonchev–Trinajstić information content (AvgIpc) is 2.70. The summed E-state index contributed by atoms with van der Waals surface area (Å²) in [5.41, 5.74) is 4.48. The Balaban J connectivity index is 1.80. The highest BCUT2D eigenvalue weighted by atomic mass is 16.1. The molecule has 0 saturated heterocycles. The molecule has 140 valence electrons. The fraction of sp³-hybridized carbons (Fsp3) is 0.182. The number of hydrogen-bond acceptors (Lipinski definition) is 5. The highest BCUT2D eigenvalue weighted by molar-refractivity contribution is 6.04. The molecule has 6 nitrogen and oxygen atoms in total. The number of nitrogens with one attached hydrogen (secondary N) is 2. The number of nitrogens with zero attached hydrogens (tertiary/aromatic N) is 3. The van der Waals surface area contributed by atoms with Gasteiger partial charge in [0.2, 0.25) is 5.95 Å². The van der Waals surface area contributed by atoms with E-state index < -0.39 is 0 Å². The van der Waals surface area contributed by atoms with Gasteiger partial charge in [-0.2, -0.15) is 5.26 Å². The van der Waals surface area contributed by atoms with Crippen LogP contribution in [0.4, 0.5) is 17.3 Å². The van der Waals surface area contributed by atoms with E-state index in [9.17, 15) is 4.79 Å². The molecular formula is C22H21N5O. The van der Waals surface area contributed by atoms with Crippen LogP contribution in [0.5, 0.6) is 0 Å². The van der Waals surface area contributed by atoms with Gasteiger partial charge in [0.15, 0.2) is 0 Å². The molecule has 0 fully saturated rings. The third-order valence-corrected chi connectivity index (χ3v) is 4.32. The molecule has 0 bridgehead atoms. The molecule has 3 rings (SSSR count). The Bertz CT molecular complexity index is 1040. The van der Waals surface area contributed by atoms with Crippen LogP contribution in [0.1, 0.15) is 46.9 Å². The molecule has 0 atom stereocenters. The standard InChI is InChI=1S/C22H21N5O/c1-14(2)18-6-4-5-15(3)20(18)27-21(28)19-11-12-24-22(26-19)25-17-9-7-16(13-23)8-10-17/h4-12,14H,1-3H3,(H,27,28)(H,24,25,26). The molecule has 0 aliphatic carbocycles. The second kappa shape index (κ2) is 8.31. The zero-order valence-electron chi connectivity index (χ0n) is 16.0. The number of nitriles is 1. The Morgan fingerprint density at radius 2 is 1.86 bits per heavy atom. The molecule has 1 heterocycles. The van der Waals surface area contributed by atoms with Crippen molar-refractivity contribution in [1.82, 2.24) is 9.97 Å². The van der Waals surface area contributed by atoms with Gasteiger partial charge in [-0.25, -0.2) is 9.97 Å². The number of anilines is 3. The Morgan fingerprint density at radius 1 is 1.11 bits per heavy atom.